The van der Waals surface area contributed by atoms with Crippen LogP contribution in [0.1, 0.15) is 18.9 Å². The Kier molecular flexibility index (Phi) is 3.08. The lowest BCUT2D eigenvalue weighted by atomic mass is 9.86. The summed E-state index contributed by atoms with van der Waals surface area (Å²) in [6.45, 7) is 2.49. The second-order valence-corrected chi connectivity index (χ2v) is 4.49. The normalized spacial score (nSPS) is 25.9. The predicted octanol–water partition coefficient (Wildman–Crippen LogP) is 1.30. The Balaban J connectivity index is 1.98. The van der Waals surface area contributed by atoms with Crippen LogP contribution in [0.5, 0.6) is 0 Å². The SMILES string of the molecule is CC1(C(=O)C(N)Cc2ccccc2)CCO1. The number of benzene rings is 1. The van der Waals surface area contributed by atoms with Gasteiger partial charge in [0.1, 0.15) is 5.60 Å². The highest BCUT2D eigenvalue weighted by Gasteiger charge is 2.42. The van der Waals surface area contributed by atoms with Crippen LogP contribution in [-0.2, 0) is 16.0 Å². The van der Waals surface area contributed by atoms with Gasteiger partial charge in [-0.3, -0.25) is 4.79 Å². The van der Waals surface area contributed by atoms with Crippen LogP contribution >= 0.6 is 0 Å². The monoisotopic (exact) mass is 219 g/mol. The van der Waals surface area contributed by atoms with E-state index >= 15 is 0 Å². The van der Waals surface area contributed by atoms with Crippen molar-refractivity contribution in [1.29, 1.82) is 0 Å². The van der Waals surface area contributed by atoms with E-state index in [2.05, 4.69) is 0 Å². The van der Waals surface area contributed by atoms with Crippen molar-refractivity contribution in [3.63, 3.8) is 0 Å². The minimum atomic E-state index is -0.631. The lowest BCUT2D eigenvalue weighted by Gasteiger charge is -2.38. The number of hydrogen-bond donors (Lipinski definition) is 1. The highest BCUT2D eigenvalue weighted by atomic mass is 16.5. The van der Waals surface area contributed by atoms with Crippen molar-refractivity contribution in [3.8, 4) is 0 Å². The van der Waals surface area contributed by atoms with E-state index in [0.29, 0.717) is 13.0 Å². The van der Waals surface area contributed by atoms with Crippen LogP contribution in [-0.4, -0.2) is 24.0 Å². The first-order chi connectivity index (χ1) is 7.62. The molecule has 1 aromatic carbocycles. The van der Waals surface area contributed by atoms with Crippen LogP contribution in [0.2, 0.25) is 0 Å². The minimum Gasteiger partial charge on any atom is -0.367 e. The summed E-state index contributed by atoms with van der Waals surface area (Å²) in [5, 5.41) is 0. The maximum atomic E-state index is 12.0. The third-order valence-electron chi connectivity index (χ3n) is 3.16. The van der Waals surface area contributed by atoms with Gasteiger partial charge in [-0.1, -0.05) is 30.3 Å². The van der Waals surface area contributed by atoms with Gasteiger partial charge in [0, 0.05) is 6.42 Å². The first-order valence-electron chi connectivity index (χ1n) is 5.59. The summed E-state index contributed by atoms with van der Waals surface area (Å²) in [5.74, 6) is 0.0163. The Morgan fingerprint density at radius 3 is 2.62 bits per heavy atom. The highest BCUT2D eigenvalue weighted by Crippen LogP contribution is 2.28. The van der Waals surface area contributed by atoms with Crippen molar-refractivity contribution >= 4 is 5.78 Å². The van der Waals surface area contributed by atoms with Crippen LogP contribution in [0.3, 0.4) is 0 Å². The Bertz CT molecular complexity index is 371. The molecule has 0 bridgehead atoms. The Hall–Kier alpha value is -1.19. The molecule has 3 heteroatoms. The summed E-state index contributed by atoms with van der Waals surface area (Å²) >= 11 is 0. The van der Waals surface area contributed by atoms with Crippen LogP contribution in [0.15, 0.2) is 30.3 Å². The number of nitrogens with two attached hydrogens (primary N) is 1. The summed E-state index contributed by atoms with van der Waals surface area (Å²) in [6.07, 6.45) is 1.37. The maximum absolute atomic E-state index is 12.0. The molecule has 0 aliphatic carbocycles. The molecule has 16 heavy (non-hydrogen) atoms. The largest absolute Gasteiger partial charge is 0.367 e. The third-order valence-corrected chi connectivity index (χ3v) is 3.16. The van der Waals surface area contributed by atoms with Crippen LogP contribution < -0.4 is 5.73 Å². The van der Waals surface area contributed by atoms with Gasteiger partial charge in [0.2, 0.25) is 0 Å². The predicted molar refractivity (Wildman–Crippen MR) is 62.1 cm³/mol. The Morgan fingerprint density at radius 2 is 2.12 bits per heavy atom. The minimum absolute atomic E-state index is 0.0163. The van der Waals surface area contributed by atoms with Gasteiger partial charge in [-0.05, 0) is 18.9 Å². The molecule has 1 saturated heterocycles. The fourth-order valence-corrected chi connectivity index (χ4v) is 1.96. The molecule has 0 aromatic heterocycles. The second kappa shape index (κ2) is 4.36. The summed E-state index contributed by atoms with van der Waals surface area (Å²) in [4.78, 5) is 12.0. The van der Waals surface area contributed by atoms with E-state index in [-0.39, 0.29) is 5.78 Å². The number of carbonyl (C=O) groups excluding carboxylic acids is 1. The quantitative estimate of drug-likeness (QED) is 0.830. The maximum Gasteiger partial charge on any atom is 0.181 e. The van der Waals surface area contributed by atoms with Gasteiger partial charge in [-0.15, -0.1) is 0 Å². The number of hydrogen-bond acceptors (Lipinski definition) is 3. The molecule has 0 radical (unpaired) electrons. The molecule has 0 spiro atoms. The van der Waals surface area contributed by atoms with E-state index < -0.39 is 11.6 Å². The molecule has 0 amide bonds. The molecule has 1 aliphatic heterocycles. The van der Waals surface area contributed by atoms with Gasteiger partial charge < -0.3 is 10.5 Å². The van der Waals surface area contributed by atoms with Crippen molar-refractivity contribution in [2.45, 2.75) is 31.4 Å². The summed E-state index contributed by atoms with van der Waals surface area (Å²) in [5.41, 5.74) is 6.37. The molecule has 1 fully saturated rings. The average Bonchev–Trinajstić information content (AvgIpc) is 2.26. The first-order valence-corrected chi connectivity index (χ1v) is 5.59. The van der Waals surface area contributed by atoms with E-state index in [1.807, 2.05) is 37.3 Å². The van der Waals surface area contributed by atoms with Crippen molar-refractivity contribution in [2.75, 3.05) is 6.61 Å². The molecule has 86 valence electrons. The lowest BCUT2D eigenvalue weighted by Crippen LogP contribution is -2.55. The van der Waals surface area contributed by atoms with E-state index in [9.17, 15) is 4.79 Å². The molecule has 3 nitrogen and oxygen atoms in total. The standard InChI is InChI=1S/C13H17NO2/c1-13(7-8-16-13)12(15)11(14)9-10-5-3-2-4-6-10/h2-6,11H,7-9,14H2,1H3. The number of Topliss-reactive ketones (excluding diaryl/α,β-unsaturated/α-hetero) is 1. The second-order valence-electron chi connectivity index (χ2n) is 4.49. The summed E-state index contributed by atoms with van der Waals surface area (Å²) in [7, 11) is 0. The molecule has 2 rings (SSSR count). The van der Waals surface area contributed by atoms with Crippen molar-refractivity contribution < 1.29 is 9.53 Å². The van der Waals surface area contributed by atoms with Gasteiger partial charge in [0.05, 0.1) is 12.6 Å². The lowest BCUT2D eigenvalue weighted by molar-refractivity contribution is -0.169. The Labute approximate surface area is 95.6 Å². The summed E-state index contributed by atoms with van der Waals surface area (Å²) in [6, 6.07) is 9.36. The van der Waals surface area contributed by atoms with E-state index in [1.54, 1.807) is 0 Å². The summed E-state index contributed by atoms with van der Waals surface area (Å²) < 4.78 is 5.31. The molecular weight excluding hydrogens is 202 g/mol. The molecule has 2 atom stereocenters. The van der Waals surface area contributed by atoms with E-state index in [1.165, 1.54) is 0 Å². The number of carbonyl (C=O) groups is 1. The average molecular weight is 219 g/mol. The number of ether oxygens (including phenoxy) is 1. The third kappa shape index (κ3) is 2.15. The molecule has 2 N–H and O–H groups in total. The van der Waals surface area contributed by atoms with Crippen LogP contribution in [0.25, 0.3) is 0 Å². The topological polar surface area (TPSA) is 52.3 Å². The van der Waals surface area contributed by atoms with Crippen molar-refractivity contribution in [1.82, 2.24) is 0 Å². The zero-order valence-corrected chi connectivity index (χ0v) is 9.48. The van der Waals surface area contributed by atoms with Crippen LogP contribution in [0.4, 0.5) is 0 Å². The zero-order valence-electron chi connectivity index (χ0n) is 9.48. The van der Waals surface area contributed by atoms with Crippen molar-refractivity contribution in [2.24, 2.45) is 5.73 Å². The van der Waals surface area contributed by atoms with E-state index in [4.69, 9.17) is 10.5 Å². The first kappa shape index (κ1) is 11.3. The molecule has 1 heterocycles. The fraction of sp³-hybridized carbons (Fsp3) is 0.462. The molecule has 1 aromatic rings. The van der Waals surface area contributed by atoms with E-state index in [0.717, 1.165) is 12.0 Å². The molecule has 2 unspecified atom stereocenters. The van der Waals surface area contributed by atoms with Gasteiger partial charge in [0.15, 0.2) is 5.78 Å². The van der Waals surface area contributed by atoms with Gasteiger partial charge in [0.25, 0.3) is 0 Å². The molecular formula is C13H17NO2. The zero-order chi connectivity index (χ0) is 11.6. The number of ketones is 1. The van der Waals surface area contributed by atoms with Crippen LogP contribution in [0, 0.1) is 0 Å². The number of rotatable bonds is 4. The molecule has 0 saturated carbocycles. The highest BCUT2D eigenvalue weighted by molar-refractivity contribution is 5.92. The van der Waals surface area contributed by atoms with Gasteiger partial charge >= 0.3 is 0 Å². The smallest absolute Gasteiger partial charge is 0.181 e. The van der Waals surface area contributed by atoms with Crippen molar-refractivity contribution in [3.05, 3.63) is 35.9 Å². The molecule has 1 aliphatic rings. The van der Waals surface area contributed by atoms with Gasteiger partial charge in [-0.25, -0.2) is 0 Å². The fourth-order valence-electron chi connectivity index (χ4n) is 1.96. The van der Waals surface area contributed by atoms with Gasteiger partial charge in [-0.2, -0.15) is 0 Å². The Morgan fingerprint density at radius 1 is 1.50 bits per heavy atom.